The Kier molecular flexibility index (Phi) is 6.43. The van der Waals surface area contributed by atoms with Crippen LogP contribution in [0.1, 0.15) is 36.8 Å². The summed E-state index contributed by atoms with van der Waals surface area (Å²) in [5.41, 5.74) is 5.46. The van der Waals surface area contributed by atoms with Crippen molar-refractivity contribution in [1.29, 1.82) is 0 Å². The molecule has 0 bridgehead atoms. The lowest BCUT2D eigenvalue weighted by molar-refractivity contribution is 0.271. The van der Waals surface area contributed by atoms with Crippen molar-refractivity contribution in [2.24, 2.45) is 0 Å². The molecule has 3 aromatic rings. The summed E-state index contributed by atoms with van der Waals surface area (Å²) in [6, 6.07) is 11.0. The Morgan fingerprint density at radius 1 is 1.14 bits per heavy atom. The van der Waals surface area contributed by atoms with Crippen LogP contribution in [0.15, 0.2) is 41.0 Å². The van der Waals surface area contributed by atoms with Gasteiger partial charge in [-0.3, -0.25) is 4.98 Å². The predicted molar refractivity (Wildman–Crippen MR) is 125 cm³/mol. The number of hydrogen-bond donors (Lipinski definition) is 1. The first kappa shape index (κ1) is 20.6. The van der Waals surface area contributed by atoms with Gasteiger partial charge in [0, 0.05) is 27.7 Å². The second-order valence-electron chi connectivity index (χ2n) is 7.94. The van der Waals surface area contributed by atoms with Crippen LogP contribution in [0.25, 0.3) is 22.0 Å². The lowest BCUT2D eigenvalue weighted by Crippen LogP contribution is -2.35. The minimum Gasteiger partial charge on any atom is -0.492 e. The van der Waals surface area contributed by atoms with Crippen molar-refractivity contribution in [3.05, 3.63) is 57.2 Å². The van der Waals surface area contributed by atoms with Gasteiger partial charge in [-0.05, 0) is 73.3 Å². The van der Waals surface area contributed by atoms with E-state index in [-0.39, 0.29) is 0 Å². The number of nitrogens with zero attached hydrogens (tertiary/aromatic N) is 1. The van der Waals surface area contributed by atoms with E-state index >= 15 is 0 Å². The van der Waals surface area contributed by atoms with Crippen LogP contribution < -0.4 is 10.1 Å². The zero-order valence-corrected chi connectivity index (χ0v) is 19.2. The fourth-order valence-corrected chi connectivity index (χ4v) is 4.63. The number of aryl methyl sites for hydroxylation is 2. The van der Waals surface area contributed by atoms with E-state index in [0.29, 0.717) is 17.7 Å². The Hall–Kier alpha value is -1.62. The summed E-state index contributed by atoms with van der Waals surface area (Å²) in [6.07, 6.45) is 6.72. The van der Waals surface area contributed by atoms with Crippen molar-refractivity contribution in [2.75, 3.05) is 13.2 Å². The molecule has 2 aromatic carbocycles. The van der Waals surface area contributed by atoms with Gasteiger partial charge in [0.15, 0.2) is 0 Å². The summed E-state index contributed by atoms with van der Waals surface area (Å²) in [7, 11) is 0. The quantitative estimate of drug-likeness (QED) is 0.440. The van der Waals surface area contributed by atoms with Gasteiger partial charge in [0.25, 0.3) is 0 Å². The summed E-state index contributed by atoms with van der Waals surface area (Å²) in [4.78, 5) is 4.68. The maximum atomic E-state index is 6.44. The molecule has 3 nitrogen and oxygen atoms in total. The van der Waals surface area contributed by atoms with Crippen molar-refractivity contribution >= 4 is 38.4 Å². The van der Waals surface area contributed by atoms with Crippen molar-refractivity contribution in [3.8, 4) is 16.9 Å². The third-order valence-electron chi connectivity index (χ3n) is 5.52. The number of halogens is 2. The number of benzene rings is 2. The van der Waals surface area contributed by atoms with Crippen LogP contribution in [0.3, 0.4) is 0 Å². The number of pyridine rings is 1. The summed E-state index contributed by atoms with van der Waals surface area (Å²) < 4.78 is 7.29. The van der Waals surface area contributed by atoms with Gasteiger partial charge < -0.3 is 10.1 Å². The zero-order chi connectivity index (χ0) is 20.4. The highest BCUT2D eigenvalue weighted by Crippen LogP contribution is 2.39. The first-order valence-corrected chi connectivity index (χ1v) is 11.4. The van der Waals surface area contributed by atoms with Crippen LogP contribution in [-0.4, -0.2) is 24.2 Å². The van der Waals surface area contributed by atoms with Crippen molar-refractivity contribution in [3.63, 3.8) is 0 Å². The van der Waals surface area contributed by atoms with Crippen molar-refractivity contribution < 1.29 is 4.74 Å². The molecule has 1 aromatic heterocycles. The van der Waals surface area contributed by atoms with E-state index in [0.717, 1.165) is 45.2 Å². The van der Waals surface area contributed by atoms with Gasteiger partial charge in [0.05, 0.1) is 17.1 Å². The Bertz CT molecular complexity index is 1010. The monoisotopic (exact) mass is 472 g/mol. The molecule has 0 saturated carbocycles. The second-order valence-corrected chi connectivity index (χ2v) is 9.21. The van der Waals surface area contributed by atoms with E-state index < -0.39 is 0 Å². The minimum absolute atomic E-state index is 0.544. The Labute approximate surface area is 186 Å². The summed E-state index contributed by atoms with van der Waals surface area (Å²) in [6.45, 7) is 6.03. The molecular weight excluding hydrogens is 448 g/mol. The van der Waals surface area contributed by atoms with Gasteiger partial charge in [0.2, 0.25) is 0 Å². The van der Waals surface area contributed by atoms with Gasteiger partial charge >= 0.3 is 0 Å². The van der Waals surface area contributed by atoms with Gasteiger partial charge in [0.1, 0.15) is 5.75 Å². The molecule has 5 heteroatoms. The first-order valence-electron chi connectivity index (χ1n) is 10.2. The third kappa shape index (κ3) is 4.76. The summed E-state index contributed by atoms with van der Waals surface area (Å²) >= 11 is 9.87. The smallest absolute Gasteiger partial charge is 0.138 e. The molecule has 0 amide bonds. The van der Waals surface area contributed by atoms with E-state index in [9.17, 15) is 0 Å². The number of fused-ring (bicyclic) bond motifs is 1. The van der Waals surface area contributed by atoms with Crippen LogP contribution in [-0.2, 0) is 0 Å². The van der Waals surface area contributed by atoms with Crippen molar-refractivity contribution in [2.45, 2.75) is 45.6 Å². The number of nitrogens with one attached hydrogen (secondary N) is 1. The molecule has 1 aliphatic rings. The molecular formula is C24H26BrClN2O. The predicted octanol–water partition coefficient (Wildman–Crippen LogP) is 6.85. The molecule has 1 saturated heterocycles. The van der Waals surface area contributed by atoms with Crippen LogP contribution in [0.4, 0.5) is 0 Å². The number of hydrogen-bond acceptors (Lipinski definition) is 3. The molecule has 4 rings (SSSR count). The summed E-state index contributed by atoms with van der Waals surface area (Å²) in [5, 5.41) is 5.24. The van der Waals surface area contributed by atoms with E-state index in [1.165, 1.54) is 30.4 Å². The fraction of sp³-hybridized carbons (Fsp3) is 0.375. The highest BCUT2D eigenvalue weighted by atomic mass is 79.9. The molecule has 1 atom stereocenters. The highest BCUT2D eigenvalue weighted by Gasteiger charge is 2.17. The molecule has 29 heavy (non-hydrogen) atoms. The first-order chi connectivity index (χ1) is 14.0. The number of rotatable bonds is 5. The van der Waals surface area contributed by atoms with E-state index in [1.807, 2.05) is 18.3 Å². The maximum absolute atomic E-state index is 6.44. The largest absolute Gasteiger partial charge is 0.492 e. The number of aromatic nitrogens is 1. The Morgan fingerprint density at radius 3 is 2.66 bits per heavy atom. The molecule has 1 N–H and O–H groups in total. The van der Waals surface area contributed by atoms with E-state index in [4.69, 9.17) is 16.3 Å². The average Bonchev–Trinajstić information content (AvgIpc) is 2.69. The SMILES string of the molecule is Cc1cc(C)cc(-c2cnc3cc(Cl)c(Br)cc3c2OCC[C@H]2CCCCN2)c1. The van der Waals surface area contributed by atoms with Gasteiger partial charge in [-0.25, -0.2) is 0 Å². The van der Waals surface area contributed by atoms with Crippen LogP contribution in [0.5, 0.6) is 5.75 Å². The van der Waals surface area contributed by atoms with Crippen LogP contribution in [0.2, 0.25) is 5.02 Å². The molecule has 1 fully saturated rings. The lowest BCUT2D eigenvalue weighted by Gasteiger charge is -2.24. The molecule has 0 aliphatic carbocycles. The molecule has 2 heterocycles. The topological polar surface area (TPSA) is 34.1 Å². The highest BCUT2D eigenvalue weighted by molar-refractivity contribution is 9.10. The lowest BCUT2D eigenvalue weighted by atomic mass is 9.99. The van der Waals surface area contributed by atoms with Gasteiger partial charge in [-0.2, -0.15) is 0 Å². The standard InChI is InChI=1S/C24H26BrClN2O/c1-15-9-16(2)11-17(10-15)20-14-28-23-13-22(26)21(25)12-19(23)24(20)29-8-6-18-5-3-4-7-27-18/h9-14,18,27H,3-8H2,1-2H3/t18-/m1/s1. The molecule has 0 unspecified atom stereocenters. The second kappa shape index (κ2) is 9.03. The van der Waals surface area contributed by atoms with Gasteiger partial charge in [-0.15, -0.1) is 0 Å². The van der Waals surface area contributed by atoms with Crippen LogP contribution in [0, 0.1) is 13.8 Å². The Morgan fingerprint density at radius 2 is 1.93 bits per heavy atom. The normalized spacial score (nSPS) is 16.9. The third-order valence-corrected chi connectivity index (χ3v) is 6.72. The average molecular weight is 474 g/mol. The zero-order valence-electron chi connectivity index (χ0n) is 16.9. The number of piperidine rings is 1. The van der Waals surface area contributed by atoms with E-state index in [2.05, 4.69) is 58.3 Å². The fourth-order valence-electron chi connectivity index (χ4n) is 4.13. The Balaban J connectivity index is 1.73. The van der Waals surface area contributed by atoms with E-state index in [1.54, 1.807) is 0 Å². The van der Waals surface area contributed by atoms with Gasteiger partial charge in [-0.1, -0.05) is 47.3 Å². The minimum atomic E-state index is 0.544. The van der Waals surface area contributed by atoms with Crippen molar-refractivity contribution in [1.82, 2.24) is 10.3 Å². The maximum Gasteiger partial charge on any atom is 0.138 e. The number of ether oxygens (including phenoxy) is 1. The molecule has 152 valence electrons. The molecule has 0 spiro atoms. The van der Waals surface area contributed by atoms with Crippen LogP contribution >= 0.6 is 27.5 Å². The summed E-state index contributed by atoms with van der Waals surface area (Å²) in [5.74, 6) is 0.883. The molecule has 1 aliphatic heterocycles. The molecule has 0 radical (unpaired) electrons.